The van der Waals surface area contributed by atoms with Crippen LogP contribution in [0.25, 0.3) is 0 Å². The third-order valence-electron chi connectivity index (χ3n) is 3.80. The van der Waals surface area contributed by atoms with Crippen LogP contribution in [-0.2, 0) is 4.74 Å². The first-order chi connectivity index (χ1) is 13.0. The molecule has 1 aromatic carbocycles. The Kier molecular flexibility index (Phi) is 7.36. The predicted molar refractivity (Wildman–Crippen MR) is 109 cm³/mol. The lowest BCUT2D eigenvalue weighted by molar-refractivity contribution is 0.0596. The molecular weight excluding hydrogens is 362 g/mol. The van der Waals surface area contributed by atoms with Gasteiger partial charge in [-0.1, -0.05) is 17.7 Å². The summed E-state index contributed by atoms with van der Waals surface area (Å²) < 4.78 is 4.85. The van der Waals surface area contributed by atoms with Gasteiger partial charge in [0.15, 0.2) is 5.84 Å². The largest absolute Gasteiger partial charge is 0.465 e. The topological polar surface area (TPSA) is 116 Å². The Labute approximate surface area is 162 Å². The van der Waals surface area contributed by atoms with E-state index >= 15 is 0 Å². The summed E-state index contributed by atoms with van der Waals surface area (Å²) in [6, 6.07) is 10.8. The summed E-state index contributed by atoms with van der Waals surface area (Å²) >= 11 is 1.55. The molecule has 0 radical (unpaired) electrons. The lowest BCUT2D eigenvalue weighted by Gasteiger charge is -2.19. The van der Waals surface area contributed by atoms with E-state index in [1.807, 2.05) is 25.1 Å². The first-order valence-electron chi connectivity index (χ1n) is 8.36. The van der Waals surface area contributed by atoms with Gasteiger partial charge in [0, 0.05) is 11.4 Å². The van der Waals surface area contributed by atoms with Crippen LogP contribution >= 0.6 is 11.8 Å². The number of anilines is 1. The van der Waals surface area contributed by atoms with Gasteiger partial charge in [-0.3, -0.25) is 10.8 Å². The fraction of sp³-hybridized carbons (Fsp3) is 0.263. The average molecular weight is 385 g/mol. The van der Waals surface area contributed by atoms with Gasteiger partial charge in [-0.2, -0.15) is 0 Å². The van der Waals surface area contributed by atoms with Crippen molar-refractivity contribution in [3.8, 4) is 0 Å². The standard InChI is InChI=1S/C19H23N5O2S/c1-13-7-8-16(14(11-13)19(25)26-2)27-10-4-9-24(12-20)18(22)15-5-3-6-17(21)23-15/h3,5-8,11-12,20,22H,4,9-10H2,1-2H3,(H2,21,23). The second kappa shape index (κ2) is 9.72. The van der Waals surface area contributed by atoms with Crippen molar-refractivity contribution in [2.45, 2.75) is 18.2 Å². The summed E-state index contributed by atoms with van der Waals surface area (Å²) in [4.78, 5) is 18.4. The minimum absolute atomic E-state index is 0.132. The number of hydrogen-bond donors (Lipinski definition) is 3. The van der Waals surface area contributed by atoms with Gasteiger partial charge in [0.1, 0.15) is 11.5 Å². The van der Waals surface area contributed by atoms with Gasteiger partial charge in [-0.25, -0.2) is 9.78 Å². The summed E-state index contributed by atoms with van der Waals surface area (Å²) in [5.41, 5.74) is 7.65. The minimum atomic E-state index is -0.350. The van der Waals surface area contributed by atoms with E-state index < -0.39 is 0 Å². The van der Waals surface area contributed by atoms with Crippen LogP contribution in [0.3, 0.4) is 0 Å². The van der Waals surface area contributed by atoms with Gasteiger partial charge < -0.3 is 15.4 Å². The van der Waals surface area contributed by atoms with Gasteiger partial charge in [-0.15, -0.1) is 11.8 Å². The zero-order valence-corrected chi connectivity index (χ0v) is 16.2. The third kappa shape index (κ3) is 5.55. The molecular formula is C19H23N5O2S. The van der Waals surface area contributed by atoms with Crippen molar-refractivity contribution in [2.75, 3.05) is 25.1 Å². The summed E-state index contributed by atoms with van der Waals surface area (Å²) in [5.74, 6) is 0.854. The number of carbonyl (C=O) groups is 1. The highest BCUT2D eigenvalue weighted by molar-refractivity contribution is 7.99. The number of nitrogens with one attached hydrogen (secondary N) is 2. The summed E-state index contributed by atoms with van der Waals surface area (Å²) in [7, 11) is 1.37. The third-order valence-corrected chi connectivity index (χ3v) is 4.96. The van der Waals surface area contributed by atoms with E-state index in [-0.39, 0.29) is 11.8 Å². The number of pyridine rings is 1. The Morgan fingerprint density at radius 3 is 2.81 bits per heavy atom. The van der Waals surface area contributed by atoms with Crippen LogP contribution in [0.4, 0.5) is 5.82 Å². The number of thioether (sulfide) groups is 1. The molecule has 8 heteroatoms. The Hall–Kier alpha value is -2.87. The van der Waals surface area contributed by atoms with E-state index in [2.05, 4.69) is 4.98 Å². The molecule has 0 fully saturated rings. The molecule has 4 N–H and O–H groups in total. The van der Waals surface area contributed by atoms with Gasteiger partial charge in [-0.05, 0) is 43.4 Å². The molecule has 0 saturated carbocycles. The van der Waals surface area contributed by atoms with E-state index in [9.17, 15) is 4.79 Å². The number of aryl methyl sites for hydroxylation is 1. The van der Waals surface area contributed by atoms with Crippen LogP contribution in [0.2, 0.25) is 0 Å². The van der Waals surface area contributed by atoms with Crippen molar-refractivity contribution in [1.29, 1.82) is 10.8 Å². The number of aromatic nitrogens is 1. The number of rotatable bonds is 8. The summed E-state index contributed by atoms with van der Waals surface area (Å²) in [5, 5.41) is 15.8. The zero-order chi connectivity index (χ0) is 19.8. The number of nitrogens with two attached hydrogens (primary N) is 1. The number of hydrogen-bond acceptors (Lipinski definition) is 7. The maximum absolute atomic E-state index is 11.9. The zero-order valence-electron chi connectivity index (χ0n) is 15.4. The number of nitrogens with zero attached hydrogens (tertiary/aromatic N) is 2. The minimum Gasteiger partial charge on any atom is -0.465 e. The van der Waals surface area contributed by atoms with Crippen molar-refractivity contribution in [3.63, 3.8) is 0 Å². The maximum atomic E-state index is 11.9. The fourth-order valence-electron chi connectivity index (χ4n) is 2.43. The molecule has 142 valence electrons. The van der Waals surface area contributed by atoms with Gasteiger partial charge in [0.2, 0.25) is 0 Å². The molecule has 0 aliphatic carbocycles. The molecule has 2 rings (SSSR count). The van der Waals surface area contributed by atoms with Crippen LogP contribution in [-0.4, -0.2) is 47.4 Å². The smallest absolute Gasteiger partial charge is 0.339 e. The Morgan fingerprint density at radius 1 is 1.37 bits per heavy atom. The van der Waals surface area contributed by atoms with Crippen molar-refractivity contribution in [2.24, 2.45) is 0 Å². The van der Waals surface area contributed by atoms with Gasteiger partial charge >= 0.3 is 5.97 Å². The van der Waals surface area contributed by atoms with E-state index in [1.165, 1.54) is 12.0 Å². The number of carbonyl (C=O) groups excluding carboxylic acids is 1. The second-order valence-electron chi connectivity index (χ2n) is 5.81. The van der Waals surface area contributed by atoms with Crippen LogP contribution < -0.4 is 5.73 Å². The number of esters is 1. The normalized spacial score (nSPS) is 10.3. The van der Waals surface area contributed by atoms with Crippen molar-refractivity contribution in [1.82, 2.24) is 9.88 Å². The number of amidine groups is 1. The molecule has 0 aliphatic heterocycles. The first kappa shape index (κ1) is 20.4. The molecule has 2 aromatic rings. The Bertz CT molecular complexity index is 841. The molecule has 0 unspecified atom stereocenters. The van der Waals surface area contributed by atoms with E-state index in [0.717, 1.165) is 29.0 Å². The number of nitrogen functional groups attached to an aromatic ring is 1. The summed E-state index contributed by atoms with van der Waals surface area (Å²) in [6.07, 6.45) is 1.84. The highest BCUT2D eigenvalue weighted by Gasteiger charge is 2.14. The monoisotopic (exact) mass is 385 g/mol. The van der Waals surface area contributed by atoms with Crippen molar-refractivity contribution < 1.29 is 9.53 Å². The lowest BCUT2D eigenvalue weighted by atomic mass is 10.1. The molecule has 7 nitrogen and oxygen atoms in total. The molecule has 0 bridgehead atoms. The first-order valence-corrected chi connectivity index (χ1v) is 9.35. The summed E-state index contributed by atoms with van der Waals surface area (Å²) in [6.45, 7) is 2.42. The molecule has 0 atom stereocenters. The molecule has 0 aliphatic rings. The van der Waals surface area contributed by atoms with Gasteiger partial charge in [0.25, 0.3) is 0 Å². The number of methoxy groups -OCH3 is 1. The Morgan fingerprint density at radius 2 is 2.15 bits per heavy atom. The van der Waals surface area contributed by atoms with Crippen molar-refractivity contribution >= 4 is 35.7 Å². The quantitative estimate of drug-likeness (QED) is 0.211. The molecule has 1 heterocycles. The molecule has 1 aromatic heterocycles. The van der Waals surface area contributed by atoms with E-state index in [4.69, 9.17) is 21.3 Å². The van der Waals surface area contributed by atoms with Crippen LogP contribution in [0.1, 0.15) is 28.0 Å². The van der Waals surface area contributed by atoms with E-state index in [0.29, 0.717) is 23.6 Å². The van der Waals surface area contributed by atoms with E-state index in [1.54, 1.807) is 30.0 Å². The van der Waals surface area contributed by atoms with Crippen molar-refractivity contribution in [3.05, 3.63) is 53.2 Å². The highest BCUT2D eigenvalue weighted by Crippen LogP contribution is 2.25. The molecule has 27 heavy (non-hydrogen) atoms. The fourth-order valence-corrected chi connectivity index (χ4v) is 3.38. The second-order valence-corrected chi connectivity index (χ2v) is 6.95. The number of ether oxygens (including phenoxy) is 1. The lowest BCUT2D eigenvalue weighted by Crippen LogP contribution is -2.31. The molecule has 0 amide bonds. The number of benzene rings is 1. The van der Waals surface area contributed by atoms with Crippen LogP contribution in [0, 0.1) is 17.7 Å². The maximum Gasteiger partial charge on any atom is 0.339 e. The highest BCUT2D eigenvalue weighted by atomic mass is 32.2. The van der Waals surface area contributed by atoms with Gasteiger partial charge in [0.05, 0.1) is 19.0 Å². The Balaban J connectivity index is 1.95. The molecule has 0 spiro atoms. The molecule has 0 saturated heterocycles. The van der Waals surface area contributed by atoms with Crippen LogP contribution in [0.5, 0.6) is 0 Å². The van der Waals surface area contributed by atoms with Crippen LogP contribution in [0.15, 0.2) is 41.3 Å². The SMILES string of the molecule is COC(=O)c1cc(C)ccc1SCCCN(C=N)C(=N)c1cccc(N)n1. The predicted octanol–water partition coefficient (Wildman–Crippen LogP) is 3.18. The average Bonchev–Trinajstić information content (AvgIpc) is 2.67.